The number of esters is 1. The minimum atomic E-state index is -0.426. The summed E-state index contributed by atoms with van der Waals surface area (Å²) in [4.78, 5) is 23.8. The Hall–Kier alpha value is -2.63. The van der Waals surface area contributed by atoms with Crippen LogP contribution in [0, 0.1) is 5.82 Å². The van der Waals surface area contributed by atoms with Crippen LogP contribution in [0.3, 0.4) is 0 Å². The molecule has 0 aliphatic heterocycles. The molecule has 1 aromatic heterocycles. The third-order valence-corrected chi connectivity index (χ3v) is 5.65. The molecule has 1 heterocycles. The zero-order chi connectivity index (χ0) is 17.8. The van der Waals surface area contributed by atoms with Crippen LogP contribution in [0.4, 0.5) is 20.6 Å². The van der Waals surface area contributed by atoms with Crippen LogP contribution < -0.4 is 10.6 Å². The van der Waals surface area contributed by atoms with Crippen molar-refractivity contribution in [3.05, 3.63) is 58.8 Å². The van der Waals surface area contributed by atoms with E-state index in [9.17, 15) is 14.0 Å². The van der Waals surface area contributed by atoms with Crippen molar-refractivity contribution < 1.29 is 18.7 Å². The summed E-state index contributed by atoms with van der Waals surface area (Å²) in [6, 6.07) is 12.4. The Morgan fingerprint density at radius 2 is 1.72 bits per heavy atom. The quantitative estimate of drug-likeness (QED) is 0.512. The maximum atomic E-state index is 12.9. The average Bonchev–Trinajstić information content (AvgIpc) is 3.00. The van der Waals surface area contributed by atoms with Crippen molar-refractivity contribution in [3.63, 3.8) is 0 Å². The van der Waals surface area contributed by atoms with Gasteiger partial charge >= 0.3 is 149 Å². The topological polar surface area (TPSA) is 67.4 Å². The molecule has 3 aromatic rings. The Labute approximate surface area is 149 Å². The number of ether oxygens (including phenoxy) is 1. The van der Waals surface area contributed by atoms with Gasteiger partial charge < -0.3 is 0 Å². The number of urea groups is 1. The summed E-state index contributed by atoms with van der Waals surface area (Å²) < 4.78 is 19.6. The number of amides is 2. The Bertz CT molecular complexity index is 922. The number of hydrogen-bond donors (Lipinski definition) is 2. The summed E-state index contributed by atoms with van der Waals surface area (Å²) >= 11 is -0.0868. The molecule has 0 saturated heterocycles. The number of benzene rings is 2. The maximum absolute atomic E-state index is 12.9. The molecule has 25 heavy (non-hydrogen) atoms. The van der Waals surface area contributed by atoms with Crippen molar-refractivity contribution in [2.24, 2.45) is 0 Å². The molecular formula is C18H15FN2O3Se. The van der Waals surface area contributed by atoms with Crippen molar-refractivity contribution in [2.45, 2.75) is 6.92 Å². The number of carbonyl (C=O) groups excluding carboxylic acids is 2. The predicted octanol–water partition coefficient (Wildman–Crippen LogP) is 3.86. The SMILES string of the molecule is CCOC(=O)c1cc2cc(NC(=O)Nc3ccc(F)cc3)ccc2[se]1. The Morgan fingerprint density at radius 1 is 1.04 bits per heavy atom. The zero-order valence-electron chi connectivity index (χ0n) is 13.3. The van der Waals surface area contributed by atoms with Crippen molar-refractivity contribution in [1.82, 2.24) is 0 Å². The van der Waals surface area contributed by atoms with E-state index in [0.29, 0.717) is 22.4 Å². The molecule has 0 radical (unpaired) electrons. The van der Waals surface area contributed by atoms with Gasteiger partial charge in [0.25, 0.3) is 0 Å². The van der Waals surface area contributed by atoms with Crippen LogP contribution in [0.25, 0.3) is 9.65 Å². The number of fused-ring (bicyclic) bond motifs is 1. The van der Waals surface area contributed by atoms with E-state index < -0.39 is 6.03 Å². The average molecular weight is 405 g/mol. The fraction of sp³-hybridized carbons (Fsp3) is 0.111. The molecule has 0 atom stereocenters. The second-order valence-corrected chi connectivity index (χ2v) is 7.44. The fourth-order valence-electron chi connectivity index (χ4n) is 2.25. The summed E-state index contributed by atoms with van der Waals surface area (Å²) in [5.41, 5.74) is 1.10. The number of rotatable bonds is 4. The Morgan fingerprint density at radius 3 is 2.44 bits per heavy atom. The number of hydrogen-bond acceptors (Lipinski definition) is 3. The van der Waals surface area contributed by atoms with Gasteiger partial charge in [-0.15, -0.1) is 0 Å². The normalized spacial score (nSPS) is 10.5. The second kappa shape index (κ2) is 7.51. The van der Waals surface area contributed by atoms with E-state index in [1.54, 1.807) is 19.1 Å². The van der Waals surface area contributed by atoms with Crippen LogP contribution in [-0.2, 0) is 4.74 Å². The van der Waals surface area contributed by atoms with Gasteiger partial charge in [0.2, 0.25) is 0 Å². The number of nitrogens with one attached hydrogen (secondary N) is 2. The third kappa shape index (κ3) is 4.26. The van der Waals surface area contributed by atoms with Crippen molar-refractivity contribution in [3.8, 4) is 0 Å². The summed E-state index contributed by atoms with van der Waals surface area (Å²) in [7, 11) is 0. The van der Waals surface area contributed by atoms with Gasteiger partial charge in [-0.3, -0.25) is 0 Å². The van der Waals surface area contributed by atoms with E-state index >= 15 is 0 Å². The first-order chi connectivity index (χ1) is 12.0. The van der Waals surface area contributed by atoms with Crippen molar-refractivity contribution >= 4 is 47.5 Å². The van der Waals surface area contributed by atoms with E-state index in [2.05, 4.69) is 10.6 Å². The first-order valence-corrected chi connectivity index (χ1v) is 9.31. The second-order valence-electron chi connectivity index (χ2n) is 5.17. The summed E-state index contributed by atoms with van der Waals surface area (Å²) in [6.07, 6.45) is 0. The predicted molar refractivity (Wildman–Crippen MR) is 95.9 cm³/mol. The molecule has 0 saturated carbocycles. The van der Waals surface area contributed by atoms with E-state index in [4.69, 9.17) is 4.74 Å². The molecule has 0 aliphatic rings. The fourth-order valence-corrected chi connectivity index (χ4v) is 4.22. The van der Waals surface area contributed by atoms with E-state index in [0.717, 1.165) is 9.65 Å². The first kappa shape index (κ1) is 17.2. The molecule has 128 valence electrons. The van der Waals surface area contributed by atoms with Gasteiger partial charge in [0, 0.05) is 0 Å². The van der Waals surface area contributed by atoms with Gasteiger partial charge in [0.1, 0.15) is 0 Å². The number of halogens is 1. The van der Waals surface area contributed by atoms with Gasteiger partial charge in [-0.1, -0.05) is 0 Å². The molecule has 2 aromatic carbocycles. The van der Waals surface area contributed by atoms with Gasteiger partial charge in [-0.2, -0.15) is 0 Å². The molecule has 2 N–H and O–H groups in total. The molecule has 0 spiro atoms. The molecule has 0 bridgehead atoms. The first-order valence-electron chi connectivity index (χ1n) is 7.59. The summed E-state index contributed by atoms with van der Waals surface area (Å²) in [5, 5.41) is 6.25. The molecule has 7 heteroatoms. The van der Waals surface area contributed by atoms with E-state index in [1.165, 1.54) is 24.3 Å². The monoisotopic (exact) mass is 406 g/mol. The van der Waals surface area contributed by atoms with Crippen LogP contribution >= 0.6 is 0 Å². The zero-order valence-corrected chi connectivity index (χ0v) is 15.0. The summed E-state index contributed by atoms with van der Waals surface area (Å²) in [5.74, 6) is -0.655. The molecule has 0 aliphatic carbocycles. The molecule has 0 fully saturated rings. The van der Waals surface area contributed by atoms with Gasteiger partial charge in [0.15, 0.2) is 0 Å². The third-order valence-electron chi connectivity index (χ3n) is 3.35. The molecule has 5 nitrogen and oxygen atoms in total. The van der Waals surface area contributed by atoms with Crippen molar-refractivity contribution in [2.75, 3.05) is 17.2 Å². The van der Waals surface area contributed by atoms with Gasteiger partial charge in [0.05, 0.1) is 0 Å². The Kier molecular flexibility index (Phi) is 5.16. The van der Waals surface area contributed by atoms with E-state index in [1.807, 2.05) is 12.1 Å². The standard InChI is InChI=1S/C18H15FN2O3Se/c1-2-24-17(22)16-10-11-9-14(7-8-15(11)25-16)21-18(23)20-13-5-3-12(19)4-6-13/h3-10H,2H2,1H3,(H2,20,21,23). The summed E-state index contributed by atoms with van der Waals surface area (Å²) in [6.45, 7) is 2.12. The molecule has 2 amide bonds. The molecule has 3 rings (SSSR count). The van der Waals surface area contributed by atoms with Crippen LogP contribution in [-0.4, -0.2) is 33.1 Å². The van der Waals surface area contributed by atoms with Crippen LogP contribution in [0.15, 0.2) is 48.5 Å². The molecular weight excluding hydrogens is 390 g/mol. The van der Waals surface area contributed by atoms with Crippen LogP contribution in [0.5, 0.6) is 0 Å². The van der Waals surface area contributed by atoms with Gasteiger partial charge in [-0.25, -0.2) is 0 Å². The molecule has 0 unspecified atom stereocenters. The number of anilines is 2. The van der Waals surface area contributed by atoms with Crippen LogP contribution in [0.1, 0.15) is 16.2 Å². The van der Waals surface area contributed by atoms with Crippen LogP contribution in [0.2, 0.25) is 0 Å². The van der Waals surface area contributed by atoms with E-state index in [-0.39, 0.29) is 26.3 Å². The number of carbonyl (C=O) groups is 2. The van der Waals surface area contributed by atoms with Crippen molar-refractivity contribution in [1.29, 1.82) is 0 Å². The Balaban J connectivity index is 1.71. The minimum absolute atomic E-state index is 0.0868. The van der Waals surface area contributed by atoms with Gasteiger partial charge in [-0.05, 0) is 0 Å².